The van der Waals surface area contributed by atoms with Crippen molar-refractivity contribution in [1.29, 1.82) is 0 Å². The molecule has 0 aliphatic rings. The van der Waals surface area contributed by atoms with Crippen LogP contribution in [0.2, 0.25) is 0 Å². The van der Waals surface area contributed by atoms with E-state index in [-0.39, 0.29) is 6.04 Å². The van der Waals surface area contributed by atoms with Crippen LogP contribution in [0.25, 0.3) is 0 Å². The van der Waals surface area contributed by atoms with Gasteiger partial charge in [0.05, 0.1) is 26.9 Å². The number of hydrogen-bond donors (Lipinski definition) is 1. The molecule has 1 unspecified atom stereocenters. The van der Waals surface area contributed by atoms with Gasteiger partial charge in [0.1, 0.15) is 0 Å². The Kier molecular flexibility index (Phi) is 3.66. The van der Waals surface area contributed by atoms with Crippen molar-refractivity contribution in [2.75, 3.05) is 0 Å². The van der Waals surface area contributed by atoms with E-state index in [2.05, 4.69) is 28.0 Å². The molecule has 0 radical (unpaired) electrons. The normalized spacial score (nSPS) is 12.9. The van der Waals surface area contributed by atoms with Gasteiger partial charge in [0.15, 0.2) is 0 Å². The molecule has 1 aromatic heterocycles. The lowest BCUT2D eigenvalue weighted by Gasteiger charge is -2.13. The number of rotatable bonds is 3. The predicted octanol–water partition coefficient (Wildman–Crippen LogP) is 2.50. The van der Waals surface area contributed by atoms with Crippen LogP contribution in [0, 0.1) is 13.8 Å². The van der Waals surface area contributed by atoms with Gasteiger partial charge in [-0.05, 0) is 36.7 Å². The molecule has 0 spiro atoms. The van der Waals surface area contributed by atoms with E-state index in [1.54, 1.807) is 0 Å². The molecule has 2 N–H and O–H groups in total. The zero-order chi connectivity index (χ0) is 10.9. The Morgan fingerprint density at radius 3 is 2.57 bits per heavy atom. The largest absolute Gasteiger partial charge is 0.393 e. The maximum Gasteiger partial charge on any atom is 0.0748 e. The van der Waals surface area contributed by atoms with Crippen LogP contribution in [0.5, 0.6) is 0 Å². The quantitative estimate of drug-likeness (QED) is 0.863. The van der Waals surface area contributed by atoms with Gasteiger partial charge in [-0.3, -0.25) is 4.68 Å². The van der Waals surface area contributed by atoms with Crippen LogP contribution in [0.3, 0.4) is 0 Å². The number of hydrogen-bond acceptors (Lipinski definition) is 2. The number of nitrogens with zero attached hydrogens (tertiary/aromatic N) is 2. The lowest BCUT2D eigenvalue weighted by Crippen LogP contribution is -2.17. The third kappa shape index (κ3) is 2.33. The highest BCUT2D eigenvalue weighted by atomic mass is 79.9. The van der Waals surface area contributed by atoms with E-state index in [9.17, 15) is 0 Å². The molecule has 5 heteroatoms. The first-order chi connectivity index (χ1) is 6.43. The molecule has 1 rings (SSSR count). The molecule has 1 aromatic rings. The third-order valence-corrected chi connectivity index (χ3v) is 3.47. The highest BCUT2D eigenvalue weighted by Gasteiger charge is 2.14. The first-order valence-electron chi connectivity index (χ1n) is 4.43. The summed E-state index contributed by atoms with van der Waals surface area (Å²) in [4.78, 5) is 0.529. The minimum Gasteiger partial charge on any atom is -0.393 e. The number of halogens is 1. The average molecular weight is 276 g/mol. The first kappa shape index (κ1) is 11.7. The van der Waals surface area contributed by atoms with Crippen molar-refractivity contribution in [2.24, 2.45) is 5.73 Å². The summed E-state index contributed by atoms with van der Waals surface area (Å²) < 4.78 is 3.02. The van der Waals surface area contributed by atoms with Crippen LogP contribution in [0.4, 0.5) is 0 Å². The van der Waals surface area contributed by atoms with Crippen LogP contribution in [0.1, 0.15) is 30.8 Å². The van der Waals surface area contributed by atoms with Gasteiger partial charge < -0.3 is 5.73 Å². The van der Waals surface area contributed by atoms with E-state index in [0.29, 0.717) is 11.4 Å². The van der Waals surface area contributed by atoms with Gasteiger partial charge in [0.2, 0.25) is 0 Å². The number of aryl methyl sites for hydroxylation is 1. The summed E-state index contributed by atoms with van der Waals surface area (Å²) in [7, 11) is 0. The highest BCUT2D eigenvalue weighted by Crippen LogP contribution is 2.23. The fourth-order valence-electron chi connectivity index (χ4n) is 1.45. The van der Waals surface area contributed by atoms with Crippen molar-refractivity contribution in [1.82, 2.24) is 9.78 Å². The summed E-state index contributed by atoms with van der Waals surface area (Å²) in [5.74, 6) is 0. The van der Waals surface area contributed by atoms with Gasteiger partial charge in [-0.25, -0.2) is 0 Å². The van der Waals surface area contributed by atoms with Gasteiger partial charge in [0, 0.05) is 6.42 Å². The molecule has 0 saturated heterocycles. The van der Waals surface area contributed by atoms with E-state index in [1.807, 2.05) is 18.5 Å². The standard InChI is InChI=1S/C9H14BrN3S/c1-5(4-8(11)14)13-7(3)9(10)6(2)12-13/h5H,4H2,1-3H3,(H2,11,14). The highest BCUT2D eigenvalue weighted by molar-refractivity contribution is 9.10. The van der Waals surface area contributed by atoms with Gasteiger partial charge in [-0.2, -0.15) is 5.10 Å². The number of aromatic nitrogens is 2. The van der Waals surface area contributed by atoms with Crippen molar-refractivity contribution in [3.05, 3.63) is 15.9 Å². The van der Waals surface area contributed by atoms with Gasteiger partial charge in [0.25, 0.3) is 0 Å². The molecule has 0 aromatic carbocycles. The summed E-state index contributed by atoms with van der Waals surface area (Å²) in [6.07, 6.45) is 0.684. The molecule has 78 valence electrons. The molecule has 3 nitrogen and oxygen atoms in total. The van der Waals surface area contributed by atoms with E-state index >= 15 is 0 Å². The average Bonchev–Trinajstić information content (AvgIpc) is 2.32. The molecule has 1 atom stereocenters. The molecular formula is C9H14BrN3S. The summed E-state index contributed by atoms with van der Waals surface area (Å²) in [6, 6.07) is 0.220. The van der Waals surface area contributed by atoms with Crippen molar-refractivity contribution < 1.29 is 0 Å². The lowest BCUT2D eigenvalue weighted by atomic mass is 10.2. The Labute approximate surface area is 97.8 Å². The molecule has 0 aliphatic carbocycles. The molecule has 0 fully saturated rings. The fraction of sp³-hybridized carbons (Fsp3) is 0.556. The maximum absolute atomic E-state index is 5.50. The summed E-state index contributed by atoms with van der Waals surface area (Å²) in [6.45, 7) is 6.06. The summed E-state index contributed by atoms with van der Waals surface area (Å²) in [5.41, 5.74) is 7.62. The Balaban J connectivity index is 2.95. The Morgan fingerprint density at radius 1 is 1.64 bits per heavy atom. The van der Waals surface area contributed by atoms with Crippen molar-refractivity contribution >= 4 is 33.1 Å². The minimum atomic E-state index is 0.220. The monoisotopic (exact) mass is 275 g/mol. The minimum absolute atomic E-state index is 0.220. The zero-order valence-corrected chi connectivity index (χ0v) is 10.9. The van der Waals surface area contributed by atoms with Gasteiger partial charge in [-0.15, -0.1) is 0 Å². The van der Waals surface area contributed by atoms with E-state index < -0.39 is 0 Å². The lowest BCUT2D eigenvalue weighted by molar-refractivity contribution is 0.492. The first-order valence-corrected chi connectivity index (χ1v) is 5.63. The van der Waals surface area contributed by atoms with Crippen LogP contribution < -0.4 is 5.73 Å². The van der Waals surface area contributed by atoms with Crippen LogP contribution in [-0.4, -0.2) is 14.8 Å². The molecule has 14 heavy (non-hydrogen) atoms. The topological polar surface area (TPSA) is 43.8 Å². The molecule has 1 heterocycles. The Hall–Kier alpha value is -0.420. The second-order valence-corrected chi connectivity index (χ2v) is 4.77. The number of thiocarbonyl (C=S) groups is 1. The van der Waals surface area contributed by atoms with Crippen molar-refractivity contribution in [3.8, 4) is 0 Å². The van der Waals surface area contributed by atoms with E-state index in [1.165, 1.54) is 0 Å². The zero-order valence-electron chi connectivity index (χ0n) is 8.54. The van der Waals surface area contributed by atoms with E-state index in [0.717, 1.165) is 15.9 Å². The van der Waals surface area contributed by atoms with Crippen molar-refractivity contribution in [2.45, 2.75) is 33.2 Å². The fourth-order valence-corrected chi connectivity index (χ4v) is 1.95. The van der Waals surface area contributed by atoms with Crippen LogP contribution >= 0.6 is 28.1 Å². The second-order valence-electron chi connectivity index (χ2n) is 3.45. The molecule has 0 saturated carbocycles. The van der Waals surface area contributed by atoms with Crippen LogP contribution in [0.15, 0.2) is 4.47 Å². The van der Waals surface area contributed by atoms with E-state index in [4.69, 9.17) is 18.0 Å². The summed E-state index contributed by atoms with van der Waals surface area (Å²) in [5, 5.41) is 4.42. The number of nitrogens with two attached hydrogens (primary N) is 1. The molecule has 0 bridgehead atoms. The summed E-state index contributed by atoms with van der Waals surface area (Å²) >= 11 is 8.37. The SMILES string of the molecule is Cc1nn(C(C)CC(N)=S)c(C)c1Br. The molecule has 0 aliphatic heterocycles. The molecular weight excluding hydrogens is 262 g/mol. The Bertz CT molecular complexity index is 359. The Morgan fingerprint density at radius 2 is 2.21 bits per heavy atom. The van der Waals surface area contributed by atoms with Crippen LogP contribution in [-0.2, 0) is 0 Å². The van der Waals surface area contributed by atoms with Crippen molar-refractivity contribution in [3.63, 3.8) is 0 Å². The van der Waals surface area contributed by atoms with Gasteiger partial charge in [-0.1, -0.05) is 12.2 Å². The van der Waals surface area contributed by atoms with Gasteiger partial charge >= 0.3 is 0 Å². The smallest absolute Gasteiger partial charge is 0.0748 e. The predicted molar refractivity (Wildman–Crippen MR) is 65.5 cm³/mol. The maximum atomic E-state index is 5.50. The second kappa shape index (κ2) is 4.40. The molecule has 0 amide bonds. The third-order valence-electron chi connectivity index (χ3n) is 2.15.